The molecule has 0 aromatic heterocycles. The van der Waals surface area contributed by atoms with Crippen LogP contribution in [-0.4, -0.2) is 20.9 Å². The summed E-state index contributed by atoms with van der Waals surface area (Å²) in [5, 5.41) is 4.28. The van der Waals surface area contributed by atoms with Crippen LogP contribution in [0.15, 0.2) is 91.0 Å². The van der Waals surface area contributed by atoms with Gasteiger partial charge in [0.2, 0.25) is 0 Å². The number of hydrogen-bond acceptors (Lipinski definition) is 4. The second-order valence-electron chi connectivity index (χ2n) is 5.83. The summed E-state index contributed by atoms with van der Waals surface area (Å²) in [6.07, 6.45) is 0. The second kappa shape index (κ2) is 9.94. The predicted molar refractivity (Wildman–Crippen MR) is 113 cm³/mol. The minimum absolute atomic E-state index is 1.04. The van der Waals surface area contributed by atoms with Crippen LogP contribution in [0, 0.1) is 0 Å². The van der Waals surface area contributed by atoms with E-state index >= 15 is 0 Å². The standard InChI is InChI=1S/C19H18P.C2H7O4P/c1-20(17-11-5-2-6-12-17,18-13-7-3-8-14-18)19-15-9-4-10-16-19;1-5-7(3,4)6-2/h2-16H,1H3;1-2H3,(H,3,4)/q+1;/p-1. The van der Waals surface area contributed by atoms with Gasteiger partial charge in [-0.15, -0.1) is 0 Å². The molecule has 0 heterocycles. The molecule has 3 rings (SSSR count). The molecular formula is C21H24O4P2. The molecular weight excluding hydrogens is 378 g/mol. The summed E-state index contributed by atoms with van der Waals surface area (Å²) in [4.78, 5) is 9.95. The third-order valence-electron chi connectivity index (χ3n) is 4.26. The van der Waals surface area contributed by atoms with Gasteiger partial charge in [0, 0.05) is 14.2 Å². The van der Waals surface area contributed by atoms with E-state index in [1.165, 1.54) is 15.9 Å². The van der Waals surface area contributed by atoms with Crippen molar-refractivity contribution >= 4 is 31.0 Å². The van der Waals surface area contributed by atoms with Crippen molar-refractivity contribution in [2.45, 2.75) is 0 Å². The highest BCUT2D eigenvalue weighted by molar-refractivity contribution is 7.95. The molecule has 0 N–H and O–H groups in total. The lowest BCUT2D eigenvalue weighted by atomic mass is 10.4. The summed E-state index contributed by atoms with van der Waals surface area (Å²) >= 11 is 0. The number of phosphoric ester groups is 1. The fraction of sp³-hybridized carbons (Fsp3) is 0.143. The largest absolute Gasteiger partial charge is 0.756 e. The van der Waals surface area contributed by atoms with Crippen LogP contribution in [-0.2, 0) is 13.6 Å². The predicted octanol–water partition coefficient (Wildman–Crippen LogP) is 3.36. The Morgan fingerprint density at radius 1 is 0.667 bits per heavy atom. The SMILES string of the molecule is COP(=O)([O-])OC.C[P+](c1ccccc1)(c1ccccc1)c1ccccc1. The fourth-order valence-electron chi connectivity index (χ4n) is 2.70. The van der Waals surface area contributed by atoms with E-state index in [1.807, 2.05) is 0 Å². The molecule has 0 saturated carbocycles. The molecule has 0 radical (unpaired) electrons. The molecule has 3 aromatic rings. The second-order valence-corrected chi connectivity index (χ2v) is 11.0. The van der Waals surface area contributed by atoms with Crippen LogP contribution in [0.2, 0.25) is 0 Å². The van der Waals surface area contributed by atoms with Crippen LogP contribution in [0.4, 0.5) is 0 Å². The van der Waals surface area contributed by atoms with Gasteiger partial charge in [0.1, 0.15) is 23.2 Å². The van der Waals surface area contributed by atoms with Crippen molar-refractivity contribution in [3.63, 3.8) is 0 Å². The van der Waals surface area contributed by atoms with Gasteiger partial charge in [-0.3, -0.25) is 4.57 Å². The molecule has 0 amide bonds. The summed E-state index contributed by atoms with van der Waals surface area (Å²) in [6.45, 7) is 2.41. The maximum atomic E-state index is 9.95. The Labute approximate surface area is 161 Å². The Bertz CT molecular complexity index is 750. The zero-order chi connectivity index (χ0) is 19.8. The van der Waals surface area contributed by atoms with Gasteiger partial charge in [-0.2, -0.15) is 0 Å². The van der Waals surface area contributed by atoms with Crippen molar-refractivity contribution in [1.82, 2.24) is 0 Å². The van der Waals surface area contributed by atoms with E-state index in [9.17, 15) is 9.46 Å². The highest BCUT2D eigenvalue weighted by Crippen LogP contribution is 2.51. The quantitative estimate of drug-likeness (QED) is 0.614. The van der Waals surface area contributed by atoms with Gasteiger partial charge in [0.25, 0.3) is 7.82 Å². The van der Waals surface area contributed by atoms with Crippen LogP contribution in [0.25, 0.3) is 0 Å². The summed E-state index contributed by atoms with van der Waals surface area (Å²) in [5.41, 5.74) is 0. The Kier molecular flexibility index (Phi) is 7.91. The summed E-state index contributed by atoms with van der Waals surface area (Å²) in [5.74, 6) is 0. The van der Waals surface area contributed by atoms with Gasteiger partial charge in [0.05, 0.1) is 6.66 Å². The van der Waals surface area contributed by atoms with Crippen LogP contribution in [0.5, 0.6) is 0 Å². The van der Waals surface area contributed by atoms with Crippen molar-refractivity contribution in [3.05, 3.63) is 91.0 Å². The maximum Gasteiger partial charge on any atom is 0.267 e. The zero-order valence-electron chi connectivity index (χ0n) is 15.7. The number of rotatable bonds is 5. The molecule has 0 bridgehead atoms. The molecule has 142 valence electrons. The first kappa shape index (κ1) is 21.5. The van der Waals surface area contributed by atoms with Crippen molar-refractivity contribution < 1.29 is 18.5 Å². The Hall–Kier alpha value is -1.80. The van der Waals surface area contributed by atoms with Crippen LogP contribution in [0.3, 0.4) is 0 Å². The molecule has 0 aliphatic heterocycles. The minimum Gasteiger partial charge on any atom is -0.756 e. The van der Waals surface area contributed by atoms with Crippen molar-refractivity contribution in [2.24, 2.45) is 0 Å². The van der Waals surface area contributed by atoms with Gasteiger partial charge in [-0.05, 0) is 36.4 Å². The van der Waals surface area contributed by atoms with E-state index in [4.69, 9.17) is 0 Å². The van der Waals surface area contributed by atoms with E-state index in [1.54, 1.807) is 0 Å². The topological polar surface area (TPSA) is 58.6 Å². The first-order valence-corrected chi connectivity index (χ1v) is 12.1. The minimum atomic E-state index is -3.90. The van der Waals surface area contributed by atoms with Gasteiger partial charge >= 0.3 is 0 Å². The van der Waals surface area contributed by atoms with E-state index in [0.29, 0.717) is 0 Å². The first-order chi connectivity index (χ1) is 12.9. The van der Waals surface area contributed by atoms with E-state index in [-0.39, 0.29) is 0 Å². The fourth-order valence-corrected chi connectivity index (χ4v) is 6.05. The molecule has 0 saturated heterocycles. The third-order valence-corrected chi connectivity index (χ3v) is 9.15. The van der Waals surface area contributed by atoms with Gasteiger partial charge < -0.3 is 13.9 Å². The Balaban J connectivity index is 0.000000321. The molecule has 0 aliphatic carbocycles. The lowest BCUT2D eigenvalue weighted by Gasteiger charge is -2.22. The van der Waals surface area contributed by atoms with Gasteiger partial charge in [-0.25, -0.2) is 0 Å². The van der Waals surface area contributed by atoms with Crippen LogP contribution in [0.1, 0.15) is 0 Å². The van der Waals surface area contributed by atoms with Crippen LogP contribution >= 0.6 is 15.1 Å². The van der Waals surface area contributed by atoms with Crippen LogP contribution < -0.4 is 20.8 Å². The number of phosphoric acid groups is 1. The van der Waals surface area contributed by atoms with Gasteiger partial charge in [0.15, 0.2) is 0 Å². The zero-order valence-corrected chi connectivity index (χ0v) is 17.5. The number of benzene rings is 3. The average Bonchev–Trinajstić information content (AvgIpc) is 2.75. The molecule has 3 aromatic carbocycles. The number of hydrogen-bond donors (Lipinski definition) is 0. The molecule has 4 nitrogen and oxygen atoms in total. The highest BCUT2D eigenvalue weighted by atomic mass is 31.2. The van der Waals surface area contributed by atoms with E-state index in [0.717, 1.165) is 14.2 Å². The molecule has 27 heavy (non-hydrogen) atoms. The van der Waals surface area contributed by atoms with E-state index < -0.39 is 15.1 Å². The first-order valence-electron chi connectivity index (χ1n) is 8.40. The smallest absolute Gasteiger partial charge is 0.267 e. The normalized spacial score (nSPS) is 11.4. The van der Waals surface area contributed by atoms with E-state index in [2.05, 4.69) is 107 Å². The van der Waals surface area contributed by atoms with Crippen molar-refractivity contribution in [3.8, 4) is 0 Å². The highest BCUT2D eigenvalue weighted by Gasteiger charge is 2.39. The molecule has 0 aliphatic rings. The van der Waals surface area contributed by atoms with Gasteiger partial charge in [-0.1, -0.05) is 54.6 Å². The lowest BCUT2D eigenvalue weighted by Crippen LogP contribution is -2.30. The summed E-state index contributed by atoms with van der Waals surface area (Å²) in [7, 11) is -3.35. The third kappa shape index (κ3) is 5.59. The maximum absolute atomic E-state index is 9.95. The Morgan fingerprint density at radius 2 is 0.926 bits per heavy atom. The average molecular weight is 402 g/mol. The molecule has 0 atom stereocenters. The Morgan fingerprint density at radius 3 is 1.11 bits per heavy atom. The summed E-state index contributed by atoms with van der Waals surface area (Å²) < 4.78 is 17.7. The van der Waals surface area contributed by atoms with Crippen molar-refractivity contribution in [1.29, 1.82) is 0 Å². The monoisotopic (exact) mass is 402 g/mol. The van der Waals surface area contributed by atoms with Crippen molar-refractivity contribution in [2.75, 3.05) is 20.9 Å². The lowest BCUT2D eigenvalue weighted by molar-refractivity contribution is -0.220. The molecule has 0 spiro atoms. The molecule has 0 fully saturated rings. The summed E-state index contributed by atoms with van der Waals surface area (Å²) in [6, 6.07) is 32.6. The molecule has 6 heteroatoms. The molecule has 0 unspecified atom stereocenters.